The average molecular weight is 773 g/mol. The Labute approximate surface area is 328 Å². The van der Waals surface area contributed by atoms with E-state index in [1.807, 2.05) is 85.8 Å². The van der Waals surface area contributed by atoms with Crippen LogP contribution in [0.2, 0.25) is 0 Å². The molecule has 3 aromatic carbocycles. The molecule has 300 valence electrons. The van der Waals surface area contributed by atoms with Crippen molar-refractivity contribution in [1.82, 2.24) is 5.32 Å². The molecular weight excluding hydrogens is 720 g/mol. The number of alkyl carbamates (subject to hydrolysis) is 1. The van der Waals surface area contributed by atoms with Gasteiger partial charge in [0, 0.05) is 13.0 Å². The van der Waals surface area contributed by atoms with Crippen molar-refractivity contribution in [2.45, 2.75) is 76.2 Å². The lowest BCUT2D eigenvalue weighted by Crippen LogP contribution is -2.43. The van der Waals surface area contributed by atoms with Crippen LogP contribution in [0.3, 0.4) is 0 Å². The lowest BCUT2D eigenvalue weighted by Gasteiger charge is -2.32. The van der Waals surface area contributed by atoms with Crippen molar-refractivity contribution in [3.05, 3.63) is 109 Å². The SMILES string of the molecule is CCCNC(=O)OC[C@@H]1O[C@H](CCO/N=C(\C)CCC(=O)OC[C@@H]2O[C@H](c3ccccc3)C=C[C@@H]2Oc2ccc(OC)cc2)C=C[C@@H]1Oc1ccc(OC)cc1. The molecule has 2 aliphatic rings. The summed E-state index contributed by atoms with van der Waals surface area (Å²) < 4.78 is 46.6. The van der Waals surface area contributed by atoms with Gasteiger partial charge in [0.1, 0.15) is 73.3 Å². The Morgan fingerprint density at radius 2 is 1.30 bits per heavy atom. The number of nitrogens with one attached hydrogen (secondary N) is 1. The summed E-state index contributed by atoms with van der Waals surface area (Å²) in [4.78, 5) is 30.6. The number of esters is 1. The maximum Gasteiger partial charge on any atom is 0.407 e. The molecule has 2 aliphatic heterocycles. The van der Waals surface area contributed by atoms with Gasteiger partial charge >= 0.3 is 12.1 Å². The van der Waals surface area contributed by atoms with E-state index in [4.69, 9.17) is 42.7 Å². The van der Waals surface area contributed by atoms with Gasteiger partial charge in [0.15, 0.2) is 0 Å². The van der Waals surface area contributed by atoms with Gasteiger partial charge in [-0.25, -0.2) is 4.79 Å². The molecule has 0 bridgehead atoms. The van der Waals surface area contributed by atoms with E-state index in [0.717, 1.165) is 17.7 Å². The molecule has 5 rings (SSSR count). The van der Waals surface area contributed by atoms with E-state index in [9.17, 15) is 9.59 Å². The molecule has 3 aromatic rings. The molecular formula is C43H52N2O11. The van der Waals surface area contributed by atoms with Gasteiger partial charge in [0.2, 0.25) is 0 Å². The second-order valence-electron chi connectivity index (χ2n) is 13.2. The maximum atomic E-state index is 12.8. The van der Waals surface area contributed by atoms with E-state index in [2.05, 4.69) is 10.5 Å². The van der Waals surface area contributed by atoms with Crippen LogP contribution < -0.4 is 24.3 Å². The number of carbonyl (C=O) groups excluding carboxylic acids is 2. The van der Waals surface area contributed by atoms with Gasteiger partial charge in [-0.05, 0) is 86.0 Å². The third kappa shape index (κ3) is 13.3. The van der Waals surface area contributed by atoms with E-state index in [1.54, 1.807) is 45.4 Å². The van der Waals surface area contributed by atoms with Crippen LogP contribution >= 0.6 is 0 Å². The summed E-state index contributed by atoms with van der Waals surface area (Å²) in [5.74, 6) is 2.31. The highest BCUT2D eigenvalue weighted by atomic mass is 16.6. The van der Waals surface area contributed by atoms with Crippen molar-refractivity contribution < 1.29 is 52.3 Å². The maximum absolute atomic E-state index is 12.8. The zero-order valence-corrected chi connectivity index (χ0v) is 32.4. The summed E-state index contributed by atoms with van der Waals surface area (Å²) in [5.41, 5.74) is 1.63. The first-order chi connectivity index (χ1) is 27.3. The minimum atomic E-state index is -0.556. The molecule has 0 aromatic heterocycles. The fourth-order valence-electron chi connectivity index (χ4n) is 5.80. The summed E-state index contributed by atoms with van der Waals surface area (Å²) in [5, 5.41) is 6.89. The number of benzene rings is 3. The lowest BCUT2D eigenvalue weighted by atomic mass is 10.0. The van der Waals surface area contributed by atoms with Crippen LogP contribution in [0.4, 0.5) is 4.79 Å². The van der Waals surface area contributed by atoms with Gasteiger partial charge in [-0.15, -0.1) is 0 Å². The normalized spacial score (nSPS) is 21.8. The Bertz CT molecular complexity index is 1730. The van der Waals surface area contributed by atoms with Crippen LogP contribution in [-0.2, 0) is 28.6 Å². The number of carbonyl (C=O) groups is 2. The molecule has 1 N–H and O–H groups in total. The van der Waals surface area contributed by atoms with E-state index >= 15 is 0 Å². The van der Waals surface area contributed by atoms with Gasteiger partial charge < -0.3 is 48.0 Å². The van der Waals surface area contributed by atoms with Gasteiger partial charge in [-0.3, -0.25) is 4.79 Å². The molecule has 0 unspecified atom stereocenters. The average Bonchev–Trinajstić information content (AvgIpc) is 3.24. The number of ether oxygens (including phenoxy) is 8. The van der Waals surface area contributed by atoms with E-state index in [0.29, 0.717) is 42.3 Å². The first-order valence-electron chi connectivity index (χ1n) is 18.9. The largest absolute Gasteiger partial charge is 0.497 e. The Kier molecular flexibility index (Phi) is 16.5. The molecule has 1 amide bonds. The van der Waals surface area contributed by atoms with Crippen LogP contribution in [0, 0.1) is 0 Å². The van der Waals surface area contributed by atoms with Gasteiger partial charge in [0.25, 0.3) is 0 Å². The Balaban J connectivity index is 1.07. The number of methoxy groups -OCH3 is 2. The number of hydrogen-bond acceptors (Lipinski definition) is 12. The quantitative estimate of drug-likeness (QED) is 0.0411. The van der Waals surface area contributed by atoms with Crippen LogP contribution in [0.15, 0.2) is 108 Å². The number of rotatable bonds is 20. The molecule has 13 nitrogen and oxygen atoms in total. The monoisotopic (exact) mass is 772 g/mol. The molecule has 0 aliphatic carbocycles. The van der Waals surface area contributed by atoms with E-state index in [1.165, 1.54) is 0 Å². The van der Waals surface area contributed by atoms with Gasteiger partial charge in [0.05, 0.1) is 32.5 Å². The topological polar surface area (TPSA) is 142 Å². The second-order valence-corrected chi connectivity index (χ2v) is 13.2. The van der Waals surface area contributed by atoms with Crippen LogP contribution in [0.1, 0.15) is 51.2 Å². The predicted octanol–water partition coefficient (Wildman–Crippen LogP) is 7.16. The molecule has 56 heavy (non-hydrogen) atoms. The Hall–Kier alpha value is -5.53. The first-order valence-corrected chi connectivity index (χ1v) is 18.9. The minimum Gasteiger partial charge on any atom is -0.497 e. The molecule has 2 heterocycles. The fraction of sp³-hybridized carbons (Fsp3) is 0.419. The molecule has 0 saturated carbocycles. The molecule has 0 fully saturated rings. The van der Waals surface area contributed by atoms with Crippen LogP contribution in [0.5, 0.6) is 23.0 Å². The van der Waals surface area contributed by atoms with Crippen molar-refractivity contribution in [2.75, 3.05) is 40.6 Å². The zero-order chi connectivity index (χ0) is 39.5. The highest BCUT2D eigenvalue weighted by Crippen LogP contribution is 2.30. The Morgan fingerprint density at radius 3 is 1.93 bits per heavy atom. The predicted molar refractivity (Wildman–Crippen MR) is 209 cm³/mol. The summed E-state index contributed by atoms with van der Waals surface area (Å²) in [6, 6.07) is 24.3. The second kappa shape index (κ2) is 22.1. The smallest absolute Gasteiger partial charge is 0.407 e. The van der Waals surface area contributed by atoms with Crippen molar-refractivity contribution >= 4 is 17.8 Å². The lowest BCUT2D eigenvalue weighted by molar-refractivity contribution is -0.152. The third-order valence-electron chi connectivity index (χ3n) is 8.90. The molecule has 6 atom stereocenters. The van der Waals surface area contributed by atoms with Gasteiger partial charge in [-0.2, -0.15) is 0 Å². The number of amides is 1. The summed E-state index contributed by atoms with van der Waals surface area (Å²) in [6.45, 7) is 4.54. The van der Waals surface area contributed by atoms with E-state index < -0.39 is 30.5 Å². The fourth-order valence-corrected chi connectivity index (χ4v) is 5.80. The minimum absolute atomic E-state index is 0.00103. The van der Waals surface area contributed by atoms with Gasteiger partial charge in [-0.1, -0.05) is 54.6 Å². The third-order valence-corrected chi connectivity index (χ3v) is 8.90. The van der Waals surface area contributed by atoms with Crippen molar-refractivity contribution in [2.24, 2.45) is 5.16 Å². The summed E-state index contributed by atoms with van der Waals surface area (Å²) in [6.07, 6.45) is 6.26. The molecule has 0 spiro atoms. The number of hydrogen-bond donors (Lipinski definition) is 1. The summed E-state index contributed by atoms with van der Waals surface area (Å²) >= 11 is 0. The van der Waals surface area contributed by atoms with Crippen LogP contribution in [0.25, 0.3) is 0 Å². The zero-order valence-electron chi connectivity index (χ0n) is 32.4. The summed E-state index contributed by atoms with van der Waals surface area (Å²) in [7, 11) is 3.21. The van der Waals surface area contributed by atoms with Crippen molar-refractivity contribution in [1.29, 1.82) is 0 Å². The highest BCUT2D eigenvalue weighted by Gasteiger charge is 2.32. The number of oxime groups is 1. The van der Waals surface area contributed by atoms with Crippen molar-refractivity contribution in [3.8, 4) is 23.0 Å². The van der Waals surface area contributed by atoms with Crippen molar-refractivity contribution in [3.63, 3.8) is 0 Å². The molecule has 13 heteroatoms. The standard InChI is InChI=1S/C43H52N2O11/c1-5-26-44-43(47)51-29-40-38(53-34-16-12-32(48-3)13-17-34)21-20-36(55-40)25-27-52-45-30(2)11-24-42(46)50-28-41-39(54-35-18-14-33(49-4)15-19-35)23-22-37(56-41)31-9-7-6-8-10-31/h6-10,12-23,36-41H,5,11,24-29H2,1-4H3,(H,44,47)/b45-30+/t36-,37-,38-,39-,40-,41-/m0/s1. The molecule has 0 radical (unpaired) electrons. The van der Waals surface area contributed by atoms with Crippen LogP contribution in [-0.4, -0.2) is 88.9 Å². The number of nitrogens with zero attached hydrogens (tertiary/aromatic N) is 1. The molecule has 0 saturated heterocycles. The highest BCUT2D eigenvalue weighted by molar-refractivity contribution is 5.85. The Morgan fingerprint density at radius 1 is 0.714 bits per heavy atom. The first kappa shape index (κ1) is 41.6. The van der Waals surface area contributed by atoms with E-state index in [-0.39, 0.29) is 44.4 Å².